The molecule has 0 fully saturated rings. The molecule has 0 aromatic rings. The summed E-state index contributed by atoms with van der Waals surface area (Å²) >= 11 is 0. The van der Waals surface area contributed by atoms with Crippen LogP contribution in [-0.4, -0.2) is 101 Å². The maximum Gasteiger partial charge on any atom is 0 e. The van der Waals surface area contributed by atoms with Gasteiger partial charge in [-0.05, 0) is 6.42 Å². The molecule has 0 spiro atoms. The van der Waals surface area contributed by atoms with Crippen LogP contribution in [0, 0.1) is 0 Å². The summed E-state index contributed by atoms with van der Waals surface area (Å²) in [5.41, 5.74) is 0. The molecule has 0 rings (SSSR count). The van der Waals surface area contributed by atoms with E-state index in [1.165, 1.54) is 44.9 Å². The molecule has 0 aromatic carbocycles. The van der Waals surface area contributed by atoms with E-state index in [2.05, 4.69) is 11.1 Å². The molecule has 126 valence electrons. The Hall–Kier alpha value is 3.92. The van der Waals surface area contributed by atoms with Crippen molar-refractivity contribution in [3.05, 3.63) is 0 Å². The monoisotopic (exact) mass is 653 g/mol. The number of halogens is 1. The van der Waals surface area contributed by atoms with Crippen molar-refractivity contribution in [1.82, 2.24) is 0 Å². The second-order valence-electron chi connectivity index (χ2n) is 4.43. The van der Waals surface area contributed by atoms with Crippen molar-refractivity contribution in [2.75, 3.05) is 6.61 Å². The number of hydrogen-bond acceptors (Lipinski definition) is 3. The second-order valence-corrected chi connectivity index (χ2v) is 5.52. The largest absolute Gasteiger partial charge is 0 e. The van der Waals surface area contributed by atoms with Gasteiger partial charge in [-0.3, -0.25) is 4.55 Å². The minimum Gasteiger partial charge on any atom is 0 e. The average Bonchev–Trinajstić information content (AvgIpc) is 2.24. The van der Waals surface area contributed by atoms with E-state index in [9.17, 15) is 8.42 Å². The first kappa shape index (κ1) is 35.9. The molecule has 0 unspecified atom stereocenters. The summed E-state index contributed by atoms with van der Waals surface area (Å²) in [6.07, 6.45) is 11.9. The molecule has 0 heterocycles. The first-order valence-electron chi connectivity index (χ1n) is 6.68. The van der Waals surface area contributed by atoms with Gasteiger partial charge in [-0.15, -0.1) is 24.0 Å². The van der Waals surface area contributed by atoms with E-state index in [1.54, 1.807) is 0 Å². The van der Waals surface area contributed by atoms with Gasteiger partial charge >= 0.3 is 91.3 Å². The number of hydrogen-bond donors (Lipinski definition) is 1. The molecule has 0 saturated carbocycles. The maximum absolute atomic E-state index is 10.2. The van der Waals surface area contributed by atoms with Crippen LogP contribution in [0.4, 0.5) is 0 Å². The van der Waals surface area contributed by atoms with Crippen molar-refractivity contribution in [1.29, 1.82) is 0 Å². The topological polar surface area (TPSA) is 63.6 Å². The minimum absolute atomic E-state index is 0. The molecule has 0 saturated heterocycles. The molecule has 0 aliphatic carbocycles. The van der Waals surface area contributed by atoms with Gasteiger partial charge in [0.25, 0.3) is 0 Å². The third-order valence-electron chi connectivity index (χ3n) is 2.73. The van der Waals surface area contributed by atoms with E-state index < -0.39 is 10.4 Å². The quantitative estimate of drug-likeness (QED) is 0.152. The summed E-state index contributed by atoms with van der Waals surface area (Å²) in [4.78, 5) is 0. The molecular weight excluding hydrogens is 624 g/mol. The van der Waals surface area contributed by atoms with Crippen LogP contribution < -0.4 is 0 Å². The predicted molar refractivity (Wildman–Crippen MR) is 99.1 cm³/mol. The van der Waals surface area contributed by atoms with Gasteiger partial charge in [0.05, 0.1) is 6.61 Å². The molecule has 1 N–H and O–H groups in total. The SMILES string of the molecule is CCCCCCCCCCCCOS(=O)(=O)O.I.[KH].[NaH].[Pt]. The molecule has 0 aliphatic rings. The van der Waals surface area contributed by atoms with Crippen molar-refractivity contribution in [3.63, 3.8) is 0 Å². The summed E-state index contributed by atoms with van der Waals surface area (Å²) in [6.45, 7) is 2.31. The molecule has 0 bridgehead atoms. The Kier molecular flexibility index (Phi) is 44.8. The van der Waals surface area contributed by atoms with Crippen LogP contribution >= 0.6 is 24.0 Å². The van der Waals surface area contributed by atoms with Crippen LogP contribution in [-0.2, 0) is 35.6 Å². The number of unbranched alkanes of at least 4 members (excludes halogenated alkanes) is 9. The Morgan fingerprint density at radius 2 is 1.19 bits per heavy atom. The van der Waals surface area contributed by atoms with Gasteiger partial charge in [0.2, 0.25) is 0 Å². The summed E-state index contributed by atoms with van der Waals surface area (Å²) in [5.74, 6) is 0. The Morgan fingerprint density at radius 3 is 1.52 bits per heavy atom. The van der Waals surface area contributed by atoms with Gasteiger partial charge in [0, 0.05) is 21.1 Å². The van der Waals surface area contributed by atoms with Crippen LogP contribution in [0.5, 0.6) is 0 Å². The molecule has 0 aromatic heterocycles. The van der Waals surface area contributed by atoms with E-state index in [4.69, 9.17) is 4.55 Å². The third kappa shape index (κ3) is 35.8. The zero-order valence-corrected chi connectivity index (χ0v) is 17.0. The normalized spacial score (nSPS) is 9.62. The Balaban J connectivity index is -0.000000213. The van der Waals surface area contributed by atoms with Crippen molar-refractivity contribution in [2.45, 2.75) is 71.1 Å². The zero-order valence-electron chi connectivity index (χ0n) is 11.6. The summed E-state index contributed by atoms with van der Waals surface area (Å²) in [5, 5.41) is 0. The molecule has 0 amide bonds. The molecular formula is C12H29IKNaO4PtS. The fourth-order valence-electron chi connectivity index (χ4n) is 1.75. The van der Waals surface area contributed by atoms with E-state index in [0.29, 0.717) is 6.42 Å². The van der Waals surface area contributed by atoms with Gasteiger partial charge in [-0.25, -0.2) is 4.18 Å². The minimum atomic E-state index is -4.23. The van der Waals surface area contributed by atoms with Crippen LogP contribution in [0.1, 0.15) is 71.1 Å². The molecule has 21 heavy (non-hydrogen) atoms. The first-order chi connectivity index (χ1) is 8.06. The maximum atomic E-state index is 10.2. The van der Waals surface area contributed by atoms with Crippen LogP contribution in [0.3, 0.4) is 0 Å². The van der Waals surface area contributed by atoms with Gasteiger partial charge in [-0.2, -0.15) is 8.42 Å². The van der Waals surface area contributed by atoms with Gasteiger partial charge < -0.3 is 0 Å². The second kappa shape index (κ2) is 26.2. The summed E-state index contributed by atoms with van der Waals surface area (Å²) < 4.78 is 33.0. The van der Waals surface area contributed by atoms with E-state index in [-0.39, 0.29) is 133 Å². The van der Waals surface area contributed by atoms with Crippen molar-refractivity contribution < 1.29 is 38.2 Å². The van der Waals surface area contributed by atoms with Gasteiger partial charge in [0.1, 0.15) is 0 Å². The number of rotatable bonds is 12. The molecule has 4 nitrogen and oxygen atoms in total. The Labute approximate surface area is 227 Å². The molecule has 9 heteroatoms. The summed E-state index contributed by atoms with van der Waals surface area (Å²) in [6, 6.07) is 0. The van der Waals surface area contributed by atoms with Crippen LogP contribution in [0.2, 0.25) is 0 Å². The van der Waals surface area contributed by atoms with Gasteiger partial charge in [-0.1, -0.05) is 64.7 Å². The molecule has 0 aliphatic heterocycles. The molecule has 0 atom stereocenters. The Bertz CT molecular complexity index is 272. The fraction of sp³-hybridized carbons (Fsp3) is 1.00. The fourth-order valence-corrected chi connectivity index (χ4v) is 2.08. The standard InChI is InChI=1S/C12H26O4S.HI.K.Na.Pt.2H/c1-2-3-4-5-6-7-8-9-10-11-12-16-17(13,14)15;;;;;;/h2-12H2,1H3,(H,13,14,15);1H;;;;;. The Morgan fingerprint density at radius 1 is 0.857 bits per heavy atom. The third-order valence-corrected chi connectivity index (χ3v) is 3.19. The smallest absolute Gasteiger partial charge is 0 e. The van der Waals surface area contributed by atoms with E-state index >= 15 is 0 Å². The van der Waals surface area contributed by atoms with Crippen LogP contribution in [0.25, 0.3) is 0 Å². The van der Waals surface area contributed by atoms with E-state index in [0.717, 1.165) is 12.8 Å². The predicted octanol–water partition coefficient (Wildman–Crippen LogP) is 3.05. The van der Waals surface area contributed by atoms with Gasteiger partial charge in [0.15, 0.2) is 0 Å². The van der Waals surface area contributed by atoms with E-state index in [1.807, 2.05) is 0 Å². The van der Waals surface area contributed by atoms with Crippen molar-refractivity contribution >= 4 is 115 Å². The van der Waals surface area contributed by atoms with Crippen molar-refractivity contribution in [3.8, 4) is 0 Å². The van der Waals surface area contributed by atoms with Crippen molar-refractivity contribution in [2.24, 2.45) is 0 Å². The summed E-state index contributed by atoms with van der Waals surface area (Å²) in [7, 11) is -4.23. The molecule has 0 radical (unpaired) electrons. The average molecular weight is 653 g/mol. The first-order valence-corrected chi connectivity index (χ1v) is 8.04. The zero-order chi connectivity index (χ0) is 13.0. The van der Waals surface area contributed by atoms with Crippen LogP contribution in [0.15, 0.2) is 0 Å².